The van der Waals surface area contributed by atoms with Gasteiger partial charge in [-0.05, 0) is 20.8 Å². The van der Waals surface area contributed by atoms with Crippen molar-refractivity contribution in [2.45, 2.75) is 80.3 Å². The van der Waals surface area contributed by atoms with Crippen LogP contribution in [-0.4, -0.2) is 48.1 Å². The molecule has 156 valence electrons. The summed E-state index contributed by atoms with van der Waals surface area (Å²) in [5.41, 5.74) is -1.53. The van der Waals surface area contributed by atoms with E-state index in [-0.39, 0.29) is 42.5 Å². The van der Waals surface area contributed by atoms with Gasteiger partial charge >= 0.3 is 0 Å². The van der Waals surface area contributed by atoms with Gasteiger partial charge in [0.05, 0.1) is 13.0 Å². The third kappa shape index (κ3) is 10.9. The van der Waals surface area contributed by atoms with Gasteiger partial charge in [0.15, 0.2) is 5.78 Å². The smallest absolute Gasteiger partial charge is 0.234 e. The Bertz CT molecular complexity index is 563. The van der Waals surface area contributed by atoms with E-state index in [0.717, 1.165) is 0 Å². The minimum Gasteiger partial charge on any atom is -0.352 e. The molecule has 0 saturated heterocycles. The van der Waals surface area contributed by atoms with Crippen molar-refractivity contribution in [3.8, 4) is 0 Å². The molecule has 0 saturated carbocycles. The van der Waals surface area contributed by atoms with Crippen LogP contribution in [0.3, 0.4) is 0 Å². The first-order chi connectivity index (χ1) is 11.9. The maximum atomic E-state index is 12.6. The highest BCUT2D eigenvalue weighted by Gasteiger charge is 2.32. The van der Waals surface area contributed by atoms with Gasteiger partial charge in [-0.25, -0.2) is 0 Å². The van der Waals surface area contributed by atoms with Gasteiger partial charge in [0, 0.05) is 22.9 Å². The summed E-state index contributed by atoms with van der Waals surface area (Å²) in [6.07, 6.45) is -0.295. The molecule has 27 heavy (non-hydrogen) atoms. The van der Waals surface area contributed by atoms with Crippen LogP contribution in [0.1, 0.15) is 68.7 Å². The second kappa shape index (κ2) is 9.44. The molecular formula is C20H37N3O4. The molecule has 0 fully saturated rings. The van der Waals surface area contributed by atoms with Gasteiger partial charge in [-0.1, -0.05) is 41.5 Å². The SMILES string of the molecule is CC(C)(C)NCC(=O)NCC(NC(=O)CC(=O)C(C)(C)C)C(=O)C(C)(C)C. The summed E-state index contributed by atoms with van der Waals surface area (Å²) < 4.78 is 0. The number of carbonyl (C=O) groups is 4. The molecule has 2 amide bonds. The summed E-state index contributed by atoms with van der Waals surface area (Å²) >= 11 is 0. The zero-order chi connectivity index (χ0) is 21.6. The van der Waals surface area contributed by atoms with Crippen LogP contribution in [0.25, 0.3) is 0 Å². The van der Waals surface area contributed by atoms with Crippen molar-refractivity contribution in [1.82, 2.24) is 16.0 Å². The quantitative estimate of drug-likeness (QED) is 0.552. The Hall–Kier alpha value is -1.76. The lowest BCUT2D eigenvalue weighted by Crippen LogP contribution is -2.53. The van der Waals surface area contributed by atoms with Crippen molar-refractivity contribution in [2.24, 2.45) is 10.8 Å². The third-order valence-electron chi connectivity index (χ3n) is 3.83. The summed E-state index contributed by atoms with van der Waals surface area (Å²) in [6.45, 7) is 16.4. The molecule has 7 heteroatoms. The van der Waals surface area contributed by atoms with Crippen LogP contribution in [0, 0.1) is 10.8 Å². The van der Waals surface area contributed by atoms with E-state index in [0.29, 0.717) is 0 Å². The highest BCUT2D eigenvalue weighted by atomic mass is 16.2. The van der Waals surface area contributed by atoms with E-state index in [2.05, 4.69) is 16.0 Å². The zero-order valence-corrected chi connectivity index (χ0v) is 18.3. The largest absolute Gasteiger partial charge is 0.352 e. The van der Waals surface area contributed by atoms with E-state index in [1.807, 2.05) is 20.8 Å². The van der Waals surface area contributed by atoms with E-state index in [1.165, 1.54) is 0 Å². The van der Waals surface area contributed by atoms with E-state index in [9.17, 15) is 19.2 Å². The van der Waals surface area contributed by atoms with Crippen molar-refractivity contribution in [3.05, 3.63) is 0 Å². The Kier molecular flexibility index (Phi) is 8.82. The number of rotatable bonds is 8. The lowest BCUT2D eigenvalue weighted by atomic mass is 9.86. The standard InChI is InChI=1S/C20H37N3O4/c1-18(2,3)14(24)10-15(25)23-13(17(27)19(4,5)6)11-21-16(26)12-22-20(7,8)9/h13,22H,10-12H2,1-9H3,(H,21,26)(H,23,25). The predicted octanol–water partition coefficient (Wildman–Crippen LogP) is 1.60. The van der Waals surface area contributed by atoms with Gasteiger partial charge in [0.1, 0.15) is 11.8 Å². The average Bonchev–Trinajstić information content (AvgIpc) is 2.45. The molecule has 0 heterocycles. The molecule has 7 nitrogen and oxygen atoms in total. The van der Waals surface area contributed by atoms with E-state index in [4.69, 9.17) is 0 Å². The van der Waals surface area contributed by atoms with Crippen LogP contribution in [0.4, 0.5) is 0 Å². The average molecular weight is 384 g/mol. The second-order valence-corrected chi connectivity index (χ2v) is 9.99. The monoisotopic (exact) mass is 383 g/mol. The molecule has 0 radical (unpaired) electrons. The summed E-state index contributed by atoms with van der Waals surface area (Å²) in [4.78, 5) is 48.9. The maximum Gasteiger partial charge on any atom is 0.234 e. The van der Waals surface area contributed by atoms with Crippen molar-refractivity contribution in [3.63, 3.8) is 0 Å². The number of amides is 2. The Morgan fingerprint density at radius 3 is 1.70 bits per heavy atom. The van der Waals surface area contributed by atoms with Crippen LogP contribution in [-0.2, 0) is 19.2 Å². The van der Waals surface area contributed by atoms with Crippen LogP contribution < -0.4 is 16.0 Å². The van der Waals surface area contributed by atoms with E-state index >= 15 is 0 Å². The Balaban J connectivity index is 4.95. The predicted molar refractivity (Wildman–Crippen MR) is 106 cm³/mol. The molecule has 3 N–H and O–H groups in total. The highest BCUT2D eigenvalue weighted by Crippen LogP contribution is 2.18. The van der Waals surface area contributed by atoms with Crippen LogP contribution in [0.15, 0.2) is 0 Å². The molecule has 0 bridgehead atoms. The van der Waals surface area contributed by atoms with E-state index in [1.54, 1.807) is 41.5 Å². The fraction of sp³-hybridized carbons (Fsp3) is 0.800. The molecule has 0 spiro atoms. The van der Waals surface area contributed by atoms with Crippen molar-refractivity contribution < 1.29 is 19.2 Å². The molecule has 0 rings (SSSR count). The summed E-state index contributed by atoms with van der Waals surface area (Å²) in [5, 5.41) is 8.34. The molecule has 1 atom stereocenters. The fourth-order valence-electron chi connectivity index (χ4n) is 2.01. The minimum absolute atomic E-state index is 0.0177. The molecule has 1 unspecified atom stereocenters. The first kappa shape index (κ1) is 25.2. The lowest BCUT2D eigenvalue weighted by molar-refractivity contribution is -0.136. The zero-order valence-electron chi connectivity index (χ0n) is 18.3. The molecule has 0 aliphatic carbocycles. The minimum atomic E-state index is -0.885. The summed E-state index contributed by atoms with van der Waals surface area (Å²) in [7, 11) is 0. The molecule has 0 aromatic heterocycles. The van der Waals surface area contributed by atoms with Gasteiger partial charge in [0.25, 0.3) is 0 Å². The van der Waals surface area contributed by atoms with Crippen LogP contribution in [0.2, 0.25) is 0 Å². The summed E-state index contributed by atoms with van der Waals surface area (Å²) in [5.74, 6) is -1.19. The Morgan fingerprint density at radius 1 is 0.778 bits per heavy atom. The summed E-state index contributed by atoms with van der Waals surface area (Å²) in [6, 6.07) is -0.885. The molecule has 0 aliphatic heterocycles. The maximum absolute atomic E-state index is 12.6. The molecule has 0 aromatic carbocycles. The Labute approximate surface area is 163 Å². The lowest BCUT2D eigenvalue weighted by Gasteiger charge is -2.26. The van der Waals surface area contributed by atoms with Crippen molar-refractivity contribution in [1.29, 1.82) is 0 Å². The van der Waals surface area contributed by atoms with Gasteiger partial charge in [-0.15, -0.1) is 0 Å². The molecule has 0 aliphatic rings. The molecule has 0 aromatic rings. The fourth-order valence-corrected chi connectivity index (χ4v) is 2.01. The number of Topliss-reactive ketones (excluding diaryl/α,β-unsaturated/α-hetero) is 2. The van der Waals surface area contributed by atoms with E-state index < -0.39 is 22.8 Å². The first-order valence-electron chi connectivity index (χ1n) is 9.32. The van der Waals surface area contributed by atoms with Gasteiger partial charge in [-0.2, -0.15) is 0 Å². The molecular weight excluding hydrogens is 346 g/mol. The number of nitrogens with one attached hydrogen (secondary N) is 3. The number of hydrogen-bond donors (Lipinski definition) is 3. The number of ketones is 2. The van der Waals surface area contributed by atoms with Crippen molar-refractivity contribution in [2.75, 3.05) is 13.1 Å². The second-order valence-electron chi connectivity index (χ2n) is 9.99. The third-order valence-corrected chi connectivity index (χ3v) is 3.83. The highest BCUT2D eigenvalue weighted by molar-refractivity contribution is 6.02. The van der Waals surface area contributed by atoms with Crippen LogP contribution in [0.5, 0.6) is 0 Å². The van der Waals surface area contributed by atoms with Gasteiger partial charge in [0.2, 0.25) is 11.8 Å². The van der Waals surface area contributed by atoms with Gasteiger partial charge in [-0.3, -0.25) is 19.2 Å². The van der Waals surface area contributed by atoms with Crippen LogP contribution >= 0.6 is 0 Å². The van der Waals surface area contributed by atoms with Crippen molar-refractivity contribution >= 4 is 23.4 Å². The normalized spacial score (nSPS) is 13.7. The van der Waals surface area contributed by atoms with Gasteiger partial charge < -0.3 is 16.0 Å². The first-order valence-corrected chi connectivity index (χ1v) is 9.32. The number of hydrogen-bond acceptors (Lipinski definition) is 5. The Morgan fingerprint density at radius 2 is 1.30 bits per heavy atom. The topological polar surface area (TPSA) is 104 Å². The number of carbonyl (C=O) groups excluding carboxylic acids is 4.